The molecular weight excluding hydrogens is 304 g/mol. The Bertz CT molecular complexity index is 721. The van der Waals surface area contributed by atoms with Crippen LogP contribution in [0.4, 0.5) is 0 Å². The summed E-state index contributed by atoms with van der Waals surface area (Å²) in [6.07, 6.45) is -1.48. The number of carbonyl (C=O) groups excluding carboxylic acids is 5. The lowest BCUT2D eigenvalue weighted by Gasteiger charge is -2.31. The SMILES string of the molecule is CC(=O)O[C@H]1C[C@@H](N2C(=O)c3ccccc3C2=O)C(=O)NC1=O. The number of carbonyl (C=O) groups is 5. The molecule has 3 rings (SSSR count). The quantitative estimate of drug-likeness (QED) is 0.589. The van der Waals surface area contributed by atoms with Crippen molar-refractivity contribution < 1.29 is 28.7 Å². The van der Waals surface area contributed by atoms with E-state index in [2.05, 4.69) is 0 Å². The van der Waals surface area contributed by atoms with Crippen LogP contribution < -0.4 is 5.32 Å². The predicted octanol–water partition coefficient (Wildman–Crippen LogP) is -0.371. The summed E-state index contributed by atoms with van der Waals surface area (Å²) >= 11 is 0. The molecule has 2 atom stereocenters. The topological polar surface area (TPSA) is 110 Å². The number of ether oxygens (including phenoxy) is 1. The largest absolute Gasteiger partial charge is 0.452 e. The molecule has 2 aliphatic heterocycles. The zero-order valence-electron chi connectivity index (χ0n) is 12.1. The third-order valence-electron chi connectivity index (χ3n) is 3.72. The molecule has 1 aromatic carbocycles. The van der Waals surface area contributed by atoms with Gasteiger partial charge in [-0.3, -0.25) is 34.2 Å². The zero-order valence-corrected chi connectivity index (χ0v) is 12.1. The Hall–Kier alpha value is -3.03. The first-order valence-electron chi connectivity index (χ1n) is 6.89. The van der Waals surface area contributed by atoms with Gasteiger partial charge in [-0.05, 0) is 12.1 Å². The fraction of sp³-hybridized carbons (Fsp3) is 0.267. The molecule has 23 heavy (non-hydrogen) atoms. The summed E-state index contributed by atoms with van der Waals surface area (Å²) in [7, 11) is 0. The van der Waals surface area contributed by atoms with Gasteiger partial charge in [0.15, 0.2) is 6.10 Å². The van der Waals surface area contributed by atoms with Gasteiger partial charge in [-0.1, -0.05) is 12.1 Å². The van der Waals surface area contributed by atoms with Crippen LogP contribution in [0.25, 0.3) is 0 Å². The number of hydrogen-bond donors (Lipinski definition) is 1. The number of rotatable bonds is 2. The van der Waals surface area contributed by atoms with Crippen LogP contribution >= 0.6 is 0 Å². The molecule has 1 aromatic rings. The van der Waals surface area contributed by atoms with Crippen LogP contribution in [-0.2, 0) is 19.1 Å². The second-order valence-corrected chi connectivity index (χ2v) is 5.23. The van der Waals surface area contributed by atoms with Crippen LogP contribution in [-0.4, -0.2) is 46.6 Å². The van der Waals surface area contributed by atoms with E-state index in [-0.39, 0.29) is 17.5 Å². The van der Waals surface area contributed by atoms with E-state index in [1.807, 2.05) is 5.32 Å². The summed E-state index contributed by atoms with van der Waals surface area (Å²) in [5, 5.41) is 2.03. The molecule has 0 radical (unpaired) electrons. The Labute approximate surface area is 130 Å². The molecule has 2 aliphatic rings. The summed E-state index contributed by atoms with van der Waals surface area (Å²) in [5.74, 6) is -3.45. The number of esters is 1. The molecule has 4 amide bonds. The Balaban J connectivity index is 1.91. The zero-order chi connectivity index (χ0) is 16.7. The number of amides is 4. The number of nitrogens with zero attached hydrogens (tertiary/aromatic N) is 1. The van der Waals surface area contributed by atoms with Crippen molar-refractivity contribution >= 4 is 29.6 Å². The molecule has 0 spiro atoms. The highest BCUT2D eigenvalue weighted by molar-refractivity contribution is 6.23. The number of imide groups is 2. The van der Waals surface area contributed by atoms with Crippen molar-refractivity contribution in [1.29, 1.82) is 0 Å². The fourth-order valence-electron chi connectivity index (χ4n) is 2.72. The van der Waals surface area contributed by atoms with E-state index in [4.69, 9.17) is 4.74 Å². The molecule has 1 fully saturated rings. The molecule has 1 saturated heterocycles. The number of piperidine rings is 1. The van der Waals surface area contributed by atoms with Gasteiger partial charge in [-0.25, -0.2) is 0 Å². The molecule has 118 valence electrons. The summed E-state index contributed by atoms with van der Waals surface area (Å²) in [5.41, 5.74) is 0.400. The Kier molecular flexibility index (Phi) is 3.44. The van der Waals surface area contributed by atoms with Gasteiger partial charge in [0.05, 0.1) is 11.1 Å². The highest BCUT2D eigenvalue weighted by Gasteiger charge is 2.47. The third-order valence-corrected chi connectivity index (χ3v) is 3.72. The van der Waals surface area contributed by atoms with Crippen molar-refractivity contribution in [3.8, 4) is 0 Å². The maximum atomic E-state index is 12.4. The van der Waals surface area contributed by atoms with Crippen molar-refractivity contribution in [2.24, 2.45) is 0 Å². The minimum atomic E-state index is -1.22. The summed E-state index contributed by atoms with van der Waals surface area (Å²) in [6.45, 7) is 1.13. The van der Waals surface area contributed by atoms with Crippen molar-refractivity contribution in [2.75, 3.05) is 0 Å². The minimum absolute atomic E-state index is 0.200. The van der Waals surface area contributed by atoms with Gasteiger partial charge in [0.1, 0.15) is 6.04 Å². The summed E-state index contributed by atoms with van der Waals surface area (Å²) < 4.78 is 4.84. The highest BCUT2D eigenvalue weighted by Crippen LogP contribution is 2.27. The lowest BCUT2D eigenvalue weighted by atomic mass is 10.0. The van der Waals surface area contributed by atoms with E-state index >= 15 is 0 Å². The molecule has 2 heterocycles. The van der Waals surface area contributed by atoms with Crippen LogP contribution in [0.3, 0.4) is 0 Å². The van der Waals surface area contributed by atoms with Crippen LogP contribution in [0, 0.1) is 0 Å². The Morgan fingerprint density at radius 1 is 1.09 bits per heavy atom. The summed E-state index contributed by atoms with van der Waals surface area (Å²) in [6, 6.07) is 5.00. The van der Waals surface area contributed by atoms with Crippen LogP contribution in [0.1, 0.15) is 34.1 Å². The van der Waals surface area contributed by atoms with Gasteiger partial charge >= 0.3 is 5.97 Å². The first kappa shape index (κ1) is 14.9. The Morgan fingerprint density at radius 2 is 1.65 bits per heavy atom. The van der Waals surface area contributed by atoms with Gasteiger partial charge in [0, 0.05) is 13.3 Å². The molecule has 0 unspecified atom stereocenters. The smallest absolute Gasteiger partial charge is 0.303 e. The van der Waals surface area contributed by atoms with E-state index < -0.39 is 41.7 Å². The third kappa shape index (κ3) is 2.37. The number of hydrogen-bond acceptors (Lipinski definition) is 6. The van der Waals surface area contributed by atoms with Crippen LogP contribution in [0.15, 0.2) is 24.3 Å². The van der Waals surface area contributed by atoms with E-state index in [0.29, 0.717) is 0 Å². The van der Waals surface area contributed by atoms with Crippen molar-refractivity contribution in [1.82, 2.24) is 10.2 Å². The predicted molar refractivity (Wildman–Crippen MR) is 74.1 cm³/mol. The lowest BCUT2D eigenvalue weighted by Crippen LogP contribution is -2.59. The van der Waals surface area contributed by atoms with Gasteiger partial charge in [-0.15, -0.1) is 0 Å². The van der Waals surface area contributed by atoms with Crippen molar-refractivity contribution in [3.05, 3.63) is 35.4 Å². The fourth-order valence-corrected chi connectivity index (χ4v) is 2.72. The second kappa shape index (κ2) is 5.31. The highest BCUT2D eigenvalue weighted by atomic mass is 16.5. The maximum absolute atomic E-state index is 12.4. The first-order valence-corrected chi connectivity index (χ1v) is 6.89. The molecule has 8 heteroatoms. The molecule has 0 bridgehead atoms. The standard InChI is InChI=1S/C15H12N2O6/c1-7(18)23-11-6-10(12(19)16-13(11)20)17-14(21)8-4-2-3-5-9(8)15(17)22/h2-5,10-11H,6H2,1H3,(H,16,19,20)/t10-,11+/m1/s1. The maximum Gasteiger partial charge on any atom is 0.303 e. The molecule has 0 aromatic heterocycles. The van der Waals surface area contributed by atoms with Crippen molar-refractivity contribution in [2.45, 2.75) is 25.5 Å². The molecule has 0 aliphatic carbocycles. The van der Waals surface area contributed by atoms with Gasteiger partial charge in [-0.2, -0.15) is 0 Å². The first-order chi connectivity index (χ1) is 10.9. The van der Waals surface area contributed by atoms with E-state index in [9.17, 15) is 24.0 Å². The monoisotopic (exact) mass is 316 g/mol. The molecule has 8 nitrogen and oxygen atoms in total. The van der Waals surface area contributed by atoms with Crippen LogP contribution in [0.5, 0.6) is 0 Å². The van der Waals surface area contributed by atoms with Gasteiger partial charge < -0.3 is 4.74 Å². The average Bonchev–Trinajstić information content (AvgIpc) is 2.74. The number of fused-ring (bicyclic) bond motifs is 1. The number of nitrogens with one attached hydrogen (secondary N) is 1. The molecule has 0 saturated carbocycles. The van der Waals surface area contributed by atoms with Crippen molar-refractivity contribution in [3.63, 3.8) is 0 Å². The van der Waals surface area contributed by atoms with Gasteiger partial charge in [0.2, 0.25) is 5.91 Å². The molecule has 1 N–H and O–H groups in total. The normalized spacial score (nSPS) is 23.6. The van der Waals surface area contributed by atoms with E-state index in [1.165, 1.54) is 12.1 Å². The average molecular weight is 316 g/mol. The number of benzene rings is 1. The van der Waals surface area contributed by atoms with E-state index in [1.54, 1.807) is 12.1 Å². The van der Waals surface area contributed by atoms with Gasteiger partial charge in [0.25, 0.3) is 17.7 Å². The lowest BCUT2D eigenvalue weighted by molar-refractivity contribution is -0.159. The second-order valence-electron chi connectivity index (χ2n) is 5.23. The minimum Gasteiger partial charge on any atom is -0.452 e. The van der Waals surface area contributed by atoms with E-state index in [0.717, 1.165) is 11.8 Å². The summed E-state index contributed by atoms with van der Waals surface area (Å²) in [4.78, 5) is 60.4. The Morgan fingerprint density at radius 3 is 2.17 bits per heavy atom. The molecular formula is C15H12N2O6. The van der Waals surface area contributed by atoms with Crippen LogP contribution in [0.2, 0.25) is 0 Å².